The number of amides is 1. The zero-order valence-electron chi connectivity index (χ0n) is 15.4. The number of nitrogens with one attached hydrogen (secondary N) is 1. The summed E-state index contributed by atoms with van der Waals surface area (Å²) < 4.78 is 32.8. The van der Waals surface area contributed by atoms with Gasteiger partial charge in [-0.2, -0.15) is 5.10 Å². The Balaban J connectivity index is 1.93. The van der Waals surface area contributed by atoms with Gasteiger partial charge in [0.2, 0.25) is 15.9 Å². The van der Waals surface area contributed by atoms with Crippen LogP contribution < -0.4 is 10.1 Å². The maximum absolute atomic E-state index is 12.4. The zero-order valence-corrected chi connectivity index (χ0v) is 16.2. The number of para-hydroxylation sites is 1. The number of hydrogen-bond acceptors (Lipinski definition) is 5. The van der Waals surface area contributed by atoms with Crippen molar-refractivity contribution in [3.63, 3.8) is 0 Å². The number of sulfonamides is 1. The summed E-state index contributed by atoms with van der Waals surface area (Å²) in [6.45, 7) is 3.89. The van der Waals surface area contributed by atoms with E-state index in [9.17, 15) is 13.2 Å². The van der Waals surface area contributed by atoms with Gasteiger partial charge in [0.15, 0.2) is 0 Å². The van der Waals surface area contributed by atoms with Gasteiger partial charge in [-0.3, -0.25) is 9.48 Å². The van der Waals surface area contributed by atoms with Gasteiger partial charge in [-0.25, -0.2) is 12.7 Å². The summed E-state index contributed by atoms with van der Waals surface area (Å²) in [4.78, 5) is 12.2. The topological polar surface area (TPSA) is 93.5 Å². The van der Waals surface area contributed by atoms with E-state index in [0.717, 1.165) is 10.1 Å². The van der Waals surface area contributed by atoms with Gasteiger partial charge < -0.3 is 10.1 Å². The fraction of sp³-hybridized carbons (Fsp3) is 0.412. The molecule has 0 radical (unpaired) electrons. The van der Waals surface area contributed by atoms with Crippen molar-refractivity contribution in [2.45, 2.75) is 25.3 Å². The van der Waals surface area contributed by atoms with Crippen LogP contribution in [0.5, 0.6) is 5.75 Å². The van der Waals surface area contributed by atoms with Crippen molar-refractivity contribution in [2.24, 2.45) is 0 Å². The van der Waals surface area contributed by atoms with E-state index in [-0.39, 0.29) is 17.3 Å². The number of nitrogens with zero attached hydrogens (tertiary/aromatic N) is 3. The Morgan fingerprint density at radius 1 is 1.23 bits per heavy atom. The van der Waals surface area contributed by atoms with Crippen molar-refractivity contribution in [3.05, 3.63) is 41.7 Å². The third-order valence-corrected chi connectivity index (χ3v) is 5.85. The molecule has 8 nitrogen and oxygen atoms in total. The van der Waals surface area contributed by atoms with Crippen molar-refractivity contribution in [1.29, 1.82) is 0 Å². The minimum atomic E-state index is -3.61. The summed E-state index contributed by atoms with van der Waals surface area (Å²) >= 11 is 0. The van der Waals surface area contributed by atoms with Crippen molar-refractivity contribution in [1.82, 2.24) is 19.4 Å². The van der Waals surface area contributed by atoms with Crippen LogP contribution in [0.3, 0.4) is 0 Å². The van der Waals surface area contributed by atoms with Crippen LogP contribution in [0.25, 0.3) is 0 Å². The van der Waals surface area contributed by atoms with Crippen LogP contribution in [0.4, 0.5) is 0 Å². The molecule has 0 saturated heterocycles. The monoisotopic (exact) mass is 380 g/mol. The lowest BCUT2D eigenvalue weighted by atomic mass is 10.3. The van der Waals surface area contributed by atoms with Crippen molar-refractivity contribution in [3.8, 4) is 5.75 Å². The first kappa shape index (κ1) is 19.9. The quantitative estimate of drug-likeness (QED) is 0.688. The molecule has 142 valence electrons. The minimum absolute atomic E-state index is 0.0546. The maximum Gasteiger partial charge on any atom is 0.246 e. The fourth-order valence-corrected chi connectivity index (χ4v) is 3.72. The van der Waals surface area contributed by atoms with E-state index in [4.69, 9.17) is 4.74 Å². The highest BCUT2D eigenvalue weighted by Gasteiger charge is 2.27. The second kappa shape index (κ2) is 8.33. The van der Waals surface area contributed by atoms with Gasteiger partial charge in [0.1, 0.15) is 23.8 Å². The largest absolute Gasteiger partial charge is 0.492 e. The van der Waals surface area contributed by atoms with Gasteiger partial charge >= 0.3 is 0 Å². The van der Waals surface area contributed by atoms with Crippen LogP contribution in [0.2, 0.25) is 0 Å². The van der Waals surface area contributed by atoms with Gasteiger partial charge in [0.25, 0.3) is 0 Å². The molecule has 1 aromatic heterocycles. The molecule has 0 fully saturated rings. The molecule has 0 spiro atoms. The summed E-state index contributed by atoms with van der Waals surface area (Å²) in [7, 11) is -0.680. The first-order chi connectivity index (χ1) is 12.2. The number of ether oxygens (including phenoxy) is 1. The van der Waals surface area contributed by atoms with Gasteiger partial charge in [0.05, 0.1) is 17.9 Å². The van der Waals surface area contributed by atoms with Gasteiger partial charge in [-0.1, -0.05) is 18.2 Å². The van der Waals surface area contributed by atoms with Crippen LogP contribution in [0, 0.1) is 13.8 Å². The molecule has 26 heavy (non-hydrogen) atoms. The standard InChI is InChI=1S/C17H24N4O4S/c1-13-17(26(23,24)20(3)4)14(2)21(19-13)12-16(22)18-10-11-25-15-8-6-5-7-9-15/h5-9H,10-12H2,1-4H3,(H,18,22). The second-order valence-electron chi connectivity index (χ2n) is 5.96. The third kappa shape index (κ3) is 4.61. The predicted octanol–water partition coefficient (Wildman–Crippen LogP) is 0.945. The average molecular weight is 380 g/mol. The molecule has 1 N–H and O–H groups in total. The molecular formula is C17H24N4O4S. The Morgan fingerprint density at radius 2 is 1.88 bits per heavy atom. The molecule has 0 aliphatic heterocycles. The van der Waals surface area contributed by atoms with Crippen LogP contribution in [0.15, 0.2) is 35.2 Å². The van der Waals surface area contributed by atoms with E-state index in [1.165, 1.54) is 18.8 Å². The lowest BCUT2D eigenvalue weighted by molar-refractivity contribution is -0.122. The van der Waals surface area contributed by atoms with E-state index in [2.05, 4.69) is 10.4 Å². The first-order valence-corrected chi connectivity index (χ1v) is 9.58. The molecule has 0 bridgehead atoms. The highest BCUT2D eigenvalue weighted by Crippen LogP contribution is 2.21. The first-order valence-electron chi connectivity index (χ1n) is 8.14. The van der Waals surface area contributed by atoms with E-state index in [1.807, 2.05) is 30.3 Å². The molecule has 0 unspecified atom stereocenters. The number of carbonyl (C=O) groups is 1. The molecule has 2 aromatic rings. The maximum atomic E-state index is 12.4. The SMILES string of the molecule is Cc1nn(CC(=O)NCCOc2ccccc2)c(C)c1S(=O)(=O)N(C)C. The third-order valence-electron chi connectivity index (χ3n) is 3.78. The van der Waals surface area contributed by atoms with E-state index in [0.29, 0.717) is 24.5 Å². The number of aromatic nitrogens is 2. The van der Waals surface area contributed by atoms with Gasteiger partial charge in [-0.05, 0) is 26.0 Å². The normalized spacial score (nSPS) is 11.6. The van der Waals surface area contributed by atoms with Crippen molar-refractivity contribution < 1.29 is 17.9 Å². The summed E-state index contributed by atoms with van der Waals surface area (Å²) in [6, 6.07) is 9.31. The number of aryl methyl sites for hydroxylation is 1. The van der Waals surface area contributed by atoms with Crippen LogP contribution >= 0.6 is 0 Å². The molecule has 2 rings (SSSR count). The Labute approximate surface area is 153 Å². The average Bonchev–Trinajstić information content (AvgIpc) is 2.86. The highest BCUT2D eigenvalue weighted by molar-refractivity contribution is 7.89. The summed E-state index contributed by atoms with van der Waals surface area (Å²) in [5, 5.41) is 6.93. The van der Waals surface area contributed by atoms with Gasteiger partial charge in [0, 0.05) is 14.1 Å². The lowest BCUT2D eigenvalue weighted by Crippen LogP contribution is -2.32. The Morgan fingerprint density at radius 3 is 2.50 bits per heavy atom. The molecule has 1 aromatic carbocycles. The number of hydrogen-bond donors (Lipinski definition) is 1. The number of carbonyl (C=O) groups excluding carboxylic acids is 1. The van der Waals surface area contributed by atoms with E-state index < -0.39 is 10.0 Å². The fourth-order valence-electron chi connectivity index (χ4n) is 2.46. The van der Waals surface area contributed by atoms with E-state index in [1.54, 1.807) is 13.8 Å². The molecule has 1 amide bonds. The van der Waals surface area contributed by atoms with Crippen LogP contribution in [-0.2, 0) is 21.4 Å². The van der Waals surface area contributed by atoms with Crippen molar-refractivity contribution >= 4 is 15.9 Å². The molecule has 0 saturated carbocycles. The van der Waals surface area contributed by atoms with Gasteiger partial charge in [-0.15, -0.1) is 0 Å². The lowest BCUT2D eigenvalue weighted by Gasteiger charge is -2.12. The summed E-state index contributed by atoms with van der Waals surface area (Å²) in [5.74, 6) is 0.472. The zero-order chi connectivity index (χ0) is 19.3. The Hall–Kier alpha value is -2.39. The Kier molecular flexibility index (Phi) is 6.38. The minimum Gasteiger partial charge on any atom is -0.492 e. The number of benzene rings is 1. The Bertz CT molecular complexity index is 860. The molecule has 0 atom stereocenters. The van der Waals surface area contributed by atoms with Crippen LogP contribution in [0.1, 0.15) is 11.4 Å². The number of rotatable bonds is 8. The predicted molar refractivity (Wildman–Crippen MR) is 97.5 cm³/mol. The summed E-state index contributed by atoms with van der Waals surface area (Å²) in [5.41, 5.74) is 0.809. The molecule has 1 heterocycles. The summed E-state index contributed by atoms with van der Waals surface area (Å²) in [6.07, 6.45) is 0. The molecule has 0 aliphatic carbocycles. The molecule has 9 heteroatoms. The van der Waals surface area contributed by atoms with Crippen LogP contribution in [-0.4, -0.2) is 55.7 Å². The second-order valence-corrected chi connectivity index (χ2v) is 8.05. The van der Waals surface area contributed by atoms with Crippen molar-refractivity contribution in [2.75, 3.05) is 27.2 Å². The van der Waals surface area contributed by atoms with E-state index >= 15 is 0 Å². The molecule has 0 aliphatic rings. The smallest absolute Gasteiger partial charge is 0.246 e. The molecular weight excluding hydrogens is 356 g/mol. The highest BCUT2D eigenvalue weighted by atomic mass is 32.2.